The van der Waals surface area contributed by atoms with Crippen LogP contribution in [0.1, 0.15) is 18.4 Å². The predicted molar refractivity (Wildman–Crippen MR) is 90.7 cm³/mol. The number of benzene rings is 1. The summed E-state index contributed by atoms with van der Waals surface area (Å²) in [7, 11) is 1.42. The molecule has 1 aromatic carbocycles. The highest BCUT2D eigenvalue weighted by molar-refractivity contribution is 7.18. The van der Waals surface area contributed by atoms with Gasteiger partial charge in [0.15, 0.2) is 0 Å². The Morgan fingerprint density at radius 2 is 2.35 bits per heavy atom. The number of hydrogen-bond acceptors (Lipinski definition) is 6. The van der Waals surface area contributed by atoms with Gasteiger partial charge in [-0.3, -0.25) is 9.69 Å². The number of aromatic nitrogens is 1. The molecule has 0 saturated carbocycles. The summed E-state index contributed by atoms with van der Waals surface area (Å²) < 4.78 is 11.6. The summed E-state index contributed by atoms with van der Waals surface area (Å²) in [5.41, 5.74) is 1.07. The molecular formula is C17H22N2O3S. The smallest absolute Gasteiger partial charge is 0.308 e. The molecular weight excluding hydrogens is 312 g/mol. The summed E-state index contributed by atoms with van der Waals surface area (Å²) in [5.74, 6) is -0.212. The molecule has 3 rings (SSSR count). The summed E-state index contributed by atoms with van der Waals surface area (Å²) in [4.78, 5) is 18.5. The van der Waals surface area contributed by atoms with Gasteiger partial charge in [0.1, 0.15) is 0 Å². The molecule has 124 valence electrons. The molecule has 0 radical (unpaired) electrons. The Bertz CT molecular complexity index is 640. The van der Waals surface area contributed by atoms with E-state index >= 15 is 0 Å². The lowest BCUT2D eigenvalue weighted by atomic mass is 10.1. The highest BCUT2D eigenvalue weighted by Gasteiger charge is 2.26. The lowest BCUT2D eigenvalue weighted by Gasteiger charge is -2.36. The average molecular weight is 334 g/mol. The highest BCUT2D eigenvalue weighted by Crippen LogP contribution is 2.24. The van der Waals surface area contributed by atoms with Gasteiger partial charge >= 0.3 is 5.97 Å². The zero-order valence-corrected chi connectivity index (χ0v) is 14.3. The molecule has 0 unspecified atom stereocenters. The molecule has 5 nitrogen and oxygen atoms in total. The number of fused-ring (bicyclic) bond motifs is 1. The first-order valence-electron chi connectivity index (χ1n) is 7.92. The van der Waals surface area contributed by atoms with Crippen molar-refractivity contribution in [3.8, 4) is 0 Å². The van der Waals surface area contributed by atoms with Gasteiger partial charge in [0.2, 0.25) is 0 Å². The fraction of sp³-hybridized carbons (Fsp3) is 0.529. The average Bonchev–Trinajstić information content (AvgIpc) is 2.97. The number of ether oxygens (including phenoxy) is 2. The van der Waals surface area contributed by atoms with E-state index in [1.807, 2.05) is 12.1 Å². The van der Waals surface area contributed by atoms with Gasteiger partial charge in [-0.2, -0.15) is 0 Å². The fourth-order valence-electron chi connectivity index (χ4n) is 2.92. The highest BCUT2D eigenvalue weighted by atomic mass is 32.1. The van der Waals surface area contributed by atoms with E-state index in [0.717, 1.165) is 30.0 Å². The normalized spacial score (nSPS) is 20.5. The van der Waals surface area contributed by atoms with Crippen LogP contribution in [-0.2, 0) is 20.7 Å². The number of hydrogen-bond donors (Lipinski definition) is 0. The molecule has 0 aliphatic carbocycles. The third-order valence-electron chi connectivity index (χ3n) is 4.22. The van der Waals surface area contributed by atoms with Crippen LogP contribution in [0.2, 0.25) is 0 Å². The van der Waals surface area contributed by atoms with Crippen LogP contribution in [-0.4, -0.2) is 54.8 Å². The largest absolute Gasteiger partial charge is 0.469 e. The maximum atomic E-state index is 11.4. The first-order chi connectivity index (χ1) is 11.2. The quantitative estimate of drug-likeness (QED) is 0.786. The molecule has 0 amide bonds. The predicted octanol–water partition coefficient (Wildman–Crippen LogP) is 2.49. The molecule has 1 aromatic heterocycles. The van der Waals surface area contributed by atoms with Gasteiger partial charge in [0.05, 0.1) is 41.5 Å². The molecule has 6 heteroatoms. The van der Waals surface area contributed by atoms with Crippen LogP contribution in [0.15, 0.2) is 24.3 Å². The van der Waals surface area contributed by atoms with Crippen LogP contribution in [0.25, 0.3) is 10.2 Å². The first-order valence-corrected chi connectivity index (χ1v) is 8.74. The van der Waals surface area contributed by atoms with Crippen molar-refractivity contribution in [2.75, 3.05) is 26.8 Å². The molecule has 2 atom stereocenters. The topological polar surface area (TPSA) is 51.7 Å². The molecule has 0 N–H and O–H groups in total. The lowest BCUT2D eigenvalue weighted by Crippen LogP contribution is -2.48. The van der Waals surface area contributed by atoms with Gasteiger partial charge < -0.3 is 9.47 Å². The van der Waals surface area contributed by atoms with Crippen LogP contribution in [0, 0.1) is 0 Å². The second-order valence-corrected chi connectivity index (χ2v) is 7.01. The van der Waals surface area contributed by atoms with Crippen LogP contribution in [0.5, 0.6) is 0 Å². The van der Waals surface area contributed by atoms with E-state index in [9.17, 15) is 4.79 Å². The Balaban J connectivity index is 1.60. The third-order valence-corrected chi connectivity index (χ3v) is 5.28. The second kappa shape index (κ2) is 7.38. The Hall–Kier alpha value is -1.50. The molecule has 2 aromatic rings. The summed E-state index contributed by atoms with van der Waals surface area (Å²) in [6.45, 7) is 4.53. The van der Waals surface area contributed by atoms with Crippen molar-refractivity contribution in [2.24, 2.45) is 0 Å². The lowest BCUT2D eigenvalue weighted by molar-refractivity contribution is -0.146. The van der Waals surface area contributed by atoms with Crippen molar-refractivity contribution in [3.63, 3.8) is 0 Å². The Labute approximate surface area is 140 Å². The molecule has 1 aliphatic heterocycles. The van der Waals surface area contributed by atoms with Crippen LogP contribution < -0.4 is 0 Å². The van der Waals surface area contributed by atoms with E-state index in [1.165, 1.54) is 11.8 Å². The van der Waals surface area contributed by atoms with Gasteiger partial charge in [-0.1, -0.05) is 12.1 Å². The maximum absolute atomic E-state index is 11.4. The Morgan fingerprint density at radius 3 is 3.13 bits per heavy atom. The van der Waals surface area contributed by atoms with Crippen LogP contribution in [0.4, 0.5) is 0 Å². The maximum Gasteiger partial charge on any atom is 0.308 e. The number of esters is 1. The van der Waals surface area contributed by atoms with E-state index in [0.29, 0.717) is 19.1 Å². The zero-order chi connectivity index (χ0) is 16.2. The Kier molecular flexibility index (Phi) is 5.25. The summed E-state index contributed by atoms with van der Waals surface area (Å²) >= 11 is 1.76. The molecule has 0 spiro atoms. The number of rotatable bonds is 5. The van der Waals surface area contributed by atoms with Crippen molar-refractivity contribution in [2.45, 2.75) is 31.9 Å². The van der Waals surface area contributed by atoms with Crippen LogP contribution in [0.3, 0.4) is 0 Å². The number of nitrogens with zero attached hydrogens (tertiary/aromatic N) is 2. The zero-order valence-electron chi connectivity index (χ0n) is 13.5. The van der Waals surface area contributed by atoms with Gasteiger partial charge in [0.25, 0.3) is 0 Å². The fourth-order valence-corrected chi connectivity index (χ4v) is 4.01. The minimum Gasteiger partial charge on any atom is -0.469 e. The standard InChI is InChI=1S/C17H22N2O3S/c1-12(9-16-18-14-5-3-4-6-15(14)23-16)19-7-8-22-13(11-19)10-17(20)21-2/h3-6,12-13H,7-11H2,1-2H3/t12-,13+/m1/s1. The number of thiazole rings is 1. The van der Waals surface area contributed by atoms with E-state index in [-0.39, 0.29) is 12.1 Å². The summed E-state index contributed by atoms with van der Waals surface area (Å²) in [6.07, 6.45) is 1.17. The Morgan fingerprint density at radius 1 is 1.52 bits per heavy atom. The van der Waals surface area contributed by atoms with Crippen molar-refractivity contribution >= 4 is 27.5 Å². The molecule has 1 saturated heterocycles. The number of morpholine rings is 1. The van der Waals surface area contributed by atoms with Gasteiger partial charge in [-0.05, 0) is 19.1 Å². The van der Waals surface area contributed by atoms with Crippen LogP contribution >= 0.6 is 11.3 Å². The van der Waals surface area contributed by atoms with E-state index in [4.69, 9.17) is 14.5 Å². The van der Waals surface area contributed by atoms with E-state index in [1.54, 1.807) is 11.3 Å². The summed E-state index contributed by atoms with van der Waals surface area (Å²) in [6, 6.07) is 8.62. The van der Waals surface area contributed by atoms with E-state index < -0.39 is 0 Å². The van der Waals surface area contributed by atoms with Crippen molar-refractivity contribution in [3.05, 3.63) is 29.3 Å². The molecule has 2 heterocycles. The molecule has 23 heavy (non-hydrogen) atoms. The first kappa shape index (κ1) is 16.4. The van der Waals surface area contributed by atoms with Crippen molar-refractivity contribution in [1.82, 2.24) is 9.88 Å². The minimum absolute atomic E-state index is 0.0750. The summed E-state index contributed by atoms with van der Waals surface area (Å²) in [5, 5.41) is 1.16. The third kappa shape index (κ3) is 4.07. The van der Waals surface area contributed by atoms with Crippen molar-refractivity contribution in [1.29, 1.82) is 0 Å². The van der Waals surface area contributed by atoms with Gasteiger partial charge in [-0.25, -0.2) is 4.98 Å². The number of methoxy groups -OCH3 is 1. The number of carbonyl (C=O) groups excluding carboxylic acids is 1. The van der Waals surface area contributed by atoms with Crippen molar-refractivity contribution < 1.29 is 14.3 Å². The van der Waals surface area contributed by atoms with Gasteiger partial charge in [0, 0.05) is 25.6 Å². The minimum atomic E-state index is -0.212. The number of carbonyl (C=O) groups is 1. The number of para-hydroxylation sites is 1. The second-order valence-electron chi connectivity index (χ2n) is 5.90. The van der Waals surface area contributed by atoms with Gasteiger partial charge in [-0.15, -0.1) is 11.3 Å². The monoisotopic (exact) mass is 334 g/mol. The molecule has 0 bridgehead atoms. The SMILES string of the molecule is COC(=O)C[C@H]1CN([C@H](C)Cc2nc3ccccc3s2)CCO1. The molecule has 1 fully saturated rings. The van der Waals surface area contributed by atoms with E-state index in [2.05, 4.69) is 24.0 Å². The molecule has 1 aliphatic rings.